The lowest BCUT2D eigenvalue weighted by Gasteiger charge is -2.39. The van der Waals surface area contributed by atoms with Gasteiger partial charge in [0.25, 0.3) is 0 Å². The average Bonchev–Trinajstić information content (AvgIpc) is 2.08. The molecule has 1 fully saturated rings. The van der Waals surface area contributed by atoms with Crippen molar-refractivity contribution in [1.29, 1.82) is 0 Å². The van der Waals surface area contributed by atoms with E-state index in [1.54, 1.807) is 0 Å². The third-order valence-corrected chi connectivity index (χ3v) is 3.18. The molecule has 0 saturated carbocycles. The number of rotatable bonds is 6. The summed E-state index contributed by atoms with van der Waals surface area (Å²) in [6.45, 7) is 7.50. The van der Waals surface area contributed by atoms with Crippen LogP contribution in [0.25, 0.3) is 0 Å². The van der Waals surface area contributed by atoms with Crippen LogP contribution in [0.5, 0.6) is 0 Å². The minimum Gasteiger partial charge on any atom is -0.380 e. The zero-order valence-electron chi connectivity index (χ0n) is 8.93. The van der Waals surface area contributed by atoms with Crippen LogP contribution in [0.4, 0.5) is 0 Å². The molecule has 78 valence electrons. The van der Waals surface area contributed by atoms with Gasteiger partial charge in [0.05, 0.1) is 13.2 Å². The highest BCUT2D eigenvalue weighted by atomic mass is 32.2. The van der Waals surface area contributed by atoms with E-state index < -0.39 is 0 Å². The van der Waals surface area contributed by atoms with Gasteiger partial charge in [-0.1, -0.05) is 6.92 Å². The van der Waals surface area contributed by atoms with Crippen LogP contribution in [0, 0.1) is 5.41 Å². The third-order valence-electron chi connectivity index (χ3n) is 2.53. The van der Waals surface area contributed by atoms with Crippen LogP contribution < -0.4 is 5.32 Å². The molecule has 1 heterocycles. The van der Waals surface area contributed by atoms with Crippen molar-refractivity contribution in [2.75, 3.05) is 31.8 Å². The van der Waals surface area contributed by atoms with Crippen LogP contribution >= 0.6 is 11.8 Å². The van der Waals surface area contributed by atoms with Crippen molar-refractivity contribution < 1.29 is 4.74 Å². The highest BCUT2D eigenvalue weighted by molar-refractivity contribution is 7.98. The van der Waals surface area contributed by atoms with E-state index in [0.717, 1.165) is 19.8 Å². The second kappa shape index (κ2) is 5.23. The van der Waals surface area contributed by atoms with Crippen molar-refractivity contribution in [2.45, 2.75) is 26.3 Å². The van der Waals surface area contributed by atoms with Gasteiger partial charge in [-0.15, -0.1) is 0 Å². The van der Waals surface area contributed by atoms with Crippen LogP contribution in [-0.4, -0.2) is 37.8 Å². The Morgan fingerprint density at radius 1 is 1.54 bits per heavy atom. The third kappa shape index (κ3) is 3.88. The summed E-state index contributed by atoms with van der Waals surface area (Å²) in [7, 11) is 0. The minimum absolute atomic E-state index is 0.410. The Hall–Kier alpha value is 0.270. The van der Waals surface area contributed by atoms with E-state index in [9.17, 15) is 0 Å². The highest BCUT2D eigenvalue weighted by Crippen LogP contribution is 2.25. The summed E-state index contributed by atoms with van der Waals surface area (Å²) >= 11 is 1.92. The molecule has 3 heteroatoms. The Bertz CT molecular complexity index is 148. The normalized spacial score (nSPS) is 22.4. The molecule has 0 spiro atoms. The van der Waals surface area contributed by atoms with Crippen molar-refractivity contribution >= 4 is 11.8 Å². The Labute approximate surface area is 85.8 Å². The fourth-order valence-electron chi connectivity index (χ4n) is 1.37. The lowest BCUT2D eigenvalue weighted by molar-refractivity contribution is -0.0998. The van der Waals surface area contributed by atoms with Gasteiger partial charge in [-0.2, -0.15) is 11.8 Å². The van der Waals surface area contributed by atoms with E-state index in [1.807, 2.05) is 11.8 Å². The second-order valence-corrected chi connectivity index (χ2v) is 5.35. The molecule has 0 aliphatic carbocycles. The first-order valence-corrected chi connectivity index (χ1v) is 6.36. The number of hydrogen-bond donors (Lipinski definition) is 1. The maximum Gasteiger partial charge on any atom is 0.0554 e. The predicted molar refractivity (Wildman–Crippen MR) is 59.4 cm³/mol. The van der Waals surface area contributed by atoms with Gasteiger partial charge in [-0.05, 0) is 25.4 Å². The molecule has 1 aliphatic rings. The predicted octanol–water partition coefficient (Wildman–Crippen LogP) is 1.75. The monoisotopic (exact) mass is 203 g/mol. The van der Waals surface area contributed by atoms with Gasteiger partial charge in [-0.25, -0.2) is 0 Å². The van der Waals surface area contributed by atoms with Gasteiger partial charge in [0.2, 0.25) is 0 Å². The highest BCUT2D eigenvalue weighted by Gasteiger charge is 2.32. The summed E-state index contributed by atoms with van der Waals surface area (Å²) < 4.78 is 5.21. The van der Waals surface area contributed by atoms with Crippen molar-refractivity contribution in [2.24, 2.45) is 5.41 Å². The fourth-order valence-corrected chi connectivity index (χ4v) is 1.96. The summed E-state index contributed by atoms with van der Waals surface area (Å²) in [4.78, 5) is 0. The van der Waals surface area contributed by atoms with E-state index in [-0.39, 0.29) is 0 Å². The molecule has 1 rings (SSSR count). The molecule has 0 aromatic carbocycles. The van der Waals surface area contributed by atoms with Crippen molar-refractivity contribution in [1.82, 2.24) is 5.32 Å². The molecule has 1 atom stereocenters. The summed E-state index contributed by atoms with van der Waals surface area (Å²) in [6, 6.07) is 0.643. The molecule has 0 radical (unpaired) electrons. The molecule has 1 aliphatic heterocycles. The van der Waals surface area contributed by atoms with E-state index in [1.165, 1.54) is 12.2 Å². The molecule has 1 N–H and O–H groups in total. The number of ether oxygens (including phenoxy) is 1. The number of nitrogens with one attached hydrogen (secondary N) is 1. The van der Waals surface area contributed by atoms with Gasteiger partial charge in [-0.3, -0.25) is 0 Å². The van der Waals surface area contributed by atoms with Crippen molar-refractivity contribution in [3.8, 4) is 0 Å². The molecular formula is C10H21NOS. The standard InChI is InChI=1S/C10H21NOS/c1-9(4-5-13-3)11-6-10(2)7-12-8-10/h9,11H,4-8H2,1-3H3. The topological polar surface area (TPSA) is 21.3 Å². The van der Waals surface area contributed by atoms with Crippen LogP contribution in [0.2, 0.25) is 0 Å². The summed E-state index contributed by atoms with van der Waals surface area (Å²) in [6.07, 6.45) is 3.42. The molecule has 0 amide bonds. The first kappa shape index (κ1) is 11.3. The molecule has 2 nitrogen and oxygen atoms in total. The van der Waals surface area contributed by atoms with E-state index in [4.69, 9.17) is 4.74 Å². The molecule has 0 bridgehead atoms. The Morgan fingerprint density at radius 2 is 2.23 bits per heavy atom. The molecule has 1 saturated heterocycles. The molecule has 0 aromatic heterocycles. The lowest BCUT2D eigenvalue weighted by Crippen LogP contribution is -2.49. The minimum atomic E-state index is 0.410. The Morgan fingerprint density at radius 3 is 2.69 bits per heavy atom. The van der Waals surface area contributed by atoms with Gasteiger partial charge >= 0.3 is 0 Å². The Kier molecular flexibility index (Phi) is 4.56. The van der Waals surface area contributed by atoms with Gasteiger partial charge in [0.15, 0.2) is 0 Å². The molecular weight excluding hydrogens is 182 g/mol. The summed E-state index contributed by atoms with van der Waals surface area (Å²) in [5.41, 5.74) is 0.410. The van der Waals surface area contributed by atoms with Crippen LogP contribution in [0.15, 0.2) is 0 Å². The summed E-state index contributed by atoms with van der Waals surface area (Å²) in [5, 5.41) is 3.57. The smallest absolute Gasteiger partial charge is 0.0554 e. The van der Waals surface area contributed by atoms with Crippen molar-refractivity contribution in [3.63, 3.8) is 0 Å². The number of thioether (sulfide) groups is 1. The SMILES string of the molecule is CSCCC(C)NCC1(C)COC1. The van der Waals surface area contributed by atoms with Gasteiger partial charge in [0, 0.05) is 18.0 Å². The van der Waals surface area contributed by atoms with Crippen molar-refractivity contribution in [3.05, 3.63) is 0 Å². The zero-order chi connectivity index (χ0) is 9.73. The first-order valence-electron chi connectivity index (χ1n) is 4.96. The lowest BCUT2D eigenvalue weighted by atomic mass is 9.88. The van der Waals surface area contributed by atoms with Crippen LogP contribution in [0.1, 0.15) is 20.3 Å². The number of hydrogen-bond acceptors (Lipinski definition) is 3. The maximum atomic E-state index is 5.21. The second-order valence-electron chi connectivity index (χ2n) is 4.37. The fraction of sp³-hybridized carbons (Fsp3) is 1.00. The first-order chi connectivity index (χ1) is 6.16. The van der Waals surface area contributed by atoms with Crippen LogP contribution in [-0.2, 0) is 4.74 Å². The quantitative estimate of drug-likeness (QED) is 0.710. The maximum absolute atomic E-state index is 5.21. The van der Waals surface area contributed by atoms with E-state index >= 15 is 0 Å². The Balaban J connectivity index is 2.03. The van der Waals surface area contributed by atoms with Gasteiger partial charge < -0.3 is 10.1 Å². The molecule has 13 heavy (non-hydrogen) atoms. The molecule has 1 unspecified atom stereocenters. The van der Waals surface area contributed by atoms with E-state index in [0.29, 0.717) is 11.5 Å². The van der Waals surface area contributed by atoms with Crippen LogP contribution in [0.3, 0.4) is 0 Å². The largest absolute Gasteiger partial charge is 0.380 e. The zero-order valence-corrected chi connectivity index (χ0v) is 9.75. The molecule has 0 aromatic rings. The van der Waals surface area contributed by atoms with E-state index in [2.05, 4.69) is 25.4 Å². The summed E-state index contributed by atoms with van der Waals surface area (Å²) in [5.74, 6) is 1.25. The van der Waals surface area contributed by atoms with Gasteiger partial charge in [0.1, 0.15) is 0 Å². The average molecular weight is 203 g/mol.